The predicted octanol–water partition coefficient (Wildman–Crippen LogP) is 0.746. The maximum atomic E-state index is 11.8. The van der Waals surface area contributed by atoms with E-state index in [0.29, 0.717) is 13.0 Å². The van der Waals surface area contributed by atoms with Crippen LogP contribution in [0, 0.1) is 0 Å². The van der Waals surface area contributed by atoms with E-state index in [1.54, 1.807) is 20.8 Å². The number of hydrogen-bond acceptors (Lipinski definition) is 4. The normalized spacial score (nSPS) is 15.1. The Morgan fingerprint density at radius 2 is 2.14 bits per heavy atom. The molecule has 2 N–H and O–H groups in total. The van der Waals surface area contributed by atoms with Crippen molar-refractivity contribution in [3.05, 3.63) is 34.8 Å². The highest BCUT2D eigenvalue weighted by Gasteiger charge is 2.20. The first-order valence-electron chi connectivity index (χ1n) is 7.11. The number of carbonyl (C=O) groups excluding carboxylic acids is 1. The van der Waals surface area contributed by atoms with Gasteiger partial charge in [0.2, 0.25) is 0 Å². The first-order chi connectivity index (χ1) is 9.89. The van der Waals surface area contributed by atoms with Crippen LogP contribution in [-0.2, 0) is 4.74 Å². The van der Waals surface area contributed by atoms with Gasteiger partial charge in [-0.1, -0.05) is 18.2 Å². The van der Waals surface area contributed by atoms with Gasteiger partial charge in [-0.3, -0.25) is 4.99 Å². The highest BCUT2D eigenvalue weighted by Crippen LogP contribution is 2.10. The molecule has 0 saturated heterocycles. The molecule has 0 aromatic heterocycles. The quantitative estimate of drug-likeness (QED) is 0.859. The number of rotatable bonds is 4. The Hall–Kier alpha value is -1.88. The number of nitrogens with zero attached hydrogens (tertiary/aromatic N) is 1. The summed E-state index contributed by atoms with van der Waals surface area (Å²) in [6, 6.07) is 7.54. The molecule has 0 aliphatic carbocycles. The van der Waals surface area contributed by atoms with E-state index in [2.05, 4.69) is 10.3 Å². The third kappa shape index (κ3) is 4.29. The monoisotopic (exact) mass is 290 g/mol. The van der Waals surface area contributed by atoms with Crippen molar-refractivity contribution in [2.24, 2.45) is 4.99 Å². The van der Waals surface area contributed by atoms with Crippen LogP contribution in [-0.4, -0.2) is 36.0 Å². The van der Waals surface area contributed by atoms with Crippen molar-refractivity contribution in [2.45, 2.75) is 38.8 Å². The van der Waals surface area contributed by atoms with Gasteiger partial charge in [-0.2, -0.15) is 0 Å². The first kappa shape index (κ1) is 15.5. The number of nitrogens with one attached hydrogen (secondary N) is 1. The smallest absolute Gasteiger partial charge is 0.407 e. The fourth-order valence-corrected chi connectivity index (χ4v) is 2.28. The third-order valence-electron chi connectivity index (χ3n) is 3.16. The molecule has 5 nitrogen and oxygen atoms in total. The van der Waals surface area contributed by atoms with Crippen LogP contribution in [0.4, 0.5) is 4.79 Å². The first-order valence-corrected chi connectivity index (χ1v) is 7.11. The van der Waals surface area contributed by atoms with E-state index in [-0.39, 0.29) is 12.6 Å². The molecule has 21 heavy (non-hydrogen) atoms. The Balaban J connectivity index is 2.05. The summed E-state index contributed by atoms with van der Waals surface area (Å²) in [7, 11) is 0. The third-order valence-corrected chi connectivity index (χ3v) is 3.16. The van der Waals surface area contributed by atoms with Crippen LogP contribution < -0.4 is 15.9 Å². The lowest BCUT2D eigenvalue weighted by Gasteiger charge is -2.23. The number of hydrogen-bond donors (Lipinski definition) is 2. The minimum absolute atomic E-state index is 0.134. The van der Waals surface area contributed by atoms with Crippen LogP contribution >= 0.6 is 0 Å². The van der Waals surface area contributed by atoms with E-state index in [9.17, 15) is 9.90 Å². The van der Waals surface area contributed by atoms with Crippen molar-refractivity contribution in [1.82, 2.24) is 5.32 Å². The second-order valence-corrected chi connectivity index (χ2v) is 6.17. The van der Waals surface area contributed by atoms with Gasteiger partial charge in [-0.25, -0.2) is 4.79 Å². The zero-order chi connectivity index (χ0) is 15.5. The average molecular weight is 290 g/mol. The highest BCUT2D eigenvalue weighted by atomic mass is 16.6. The molecular formula is C16H22N2O3. The van der Waals surface area contributed by atoms with E-state index in [1.165, 1.54) is 0 Å². The number of benzene rings is 1. The van der Waals surface area contributed by atoms with Gasteiger partial charge in [0.1, 0.15) is 5.60 Å². The highest BCUT2D eigenvalue weighted by molar-refractivity contribution is 5.68. The molecule has 1 aromatic rings. The van der Waals surface area contributed by atoms with Gasteiger partial charge < -0.3 is 15.2 Å². The molecule has 1 heterocycles. The summed E-state index contributed by atoms with van der Waals surface area (Å²) in [5.41, 5.74) is 0.577. The summed E-state index contributed by atoms with van der Waals surface area (Å²) >= 11 is 0. The number of aliphatic hydroxyl groups excluding tert-OH is 1. The van der Waals surface area contributed by atoms with Crippen LogP contribution in [0.3, 0.4) is 0 Å². The van der Waals surface area contributed by atoms with Gasteiger partial charge in [0.15, 0.2) is 0 Å². The number of para-hydroxylation sites is 1. The largest absolute Gasteiger partial charge is 0.444 e. The molecule has 2 rings (SSSR count). The van der Waals surface area contributed by atoms with Crippen LogP contribution in [0.25, 0.3) is 5.57 Å². The second kappa shape index (κ2) is 6.26. The van der Waals surface area contributed by atoms with Crippen molar-refractivity contribution >= 4 is 11.7 Å². The molecule has 1 aliphatic rings. The lowest BCUT2D eigenvalue weighted by molar-refractivity contribution is 0.0484. The second-order valence-electron chi connectivity index (χ2n) is 6.17. The summed E-state index contributed by atoms with van der Waals surface area (Å²) in [6.07, 6.45) is 0.0568. The number of ether oxygens (including phenoxy) is 1. The molecule has 0 fully saturated rings. The zero-order valence-electron chi connectivity index (χ0n) is 12.7. The Morgan fingerprint density at radius 3 is 2.81 bits per heavy atom. The Kier molecular flexibility index (Phi) is 4.63. The lowest BCUT2D eigenvalue weighted by Crippen LogP contribution is -2.41. The van der Waals surface area contributed by atoms with E-state index < -0.39 is 11.7 Å². The summed E-state index contributed by atoms with van der Waals surface area (Å²) in [4.78, 5) is 16.2. The zero-order valence-corrected chi connectivity index (χ0v) is 12.7. The SMILES string of the molecule is CC(C)(C)OC(=O)N[C@H](CO)CC1=c2ccccc2=NC1. The fraction of sp³-hybridized carbons (Fsp3) is 0.500. The molecule has 0 bridgehead atoms. The molecule has 0 saturated carbocycles. The summed E-state index contributed by atoms with van der Waals surface area (Å²) in [5.74, 6) is 0. The molecule has 114 valence electrons. The van der Waals surface area contributed by atoms with E-state index >= 15 is 0 Å². The Morgan fingerprint density at radius 1 is 1.43 bits per heavy atom. The van der Waals surface area contributed by atoms with Gasteiger partial charge >= 0.3 is 6.09 Å². The molecular weight excluding hydrogens is 268 g/mol. The van der Waals surface area contributed by atoms with E-state index in [1.807, 2.05) is 24.3 Å². The topological polar surface area (TPSA) is 70.9 Å². The van der Waals surface area contributed by atoms with Crippen molar-refractivity contribution in [1.29, 1.82) is 0 Å². The molecule has 1 aromatic carbocycles. The van der Waals surface area contributed by atoms with Crippen molar-refractivity contribution in [3.8, 4) is 0 Å². The van der Waals surface area contributed by atoms with Gasteiger partial charge in [-0.15, -0.1) is 0 Å². The maximum absolute atomic E-state index is 11.8. The van der Waals surface area contributed by atoms with Gasteiger partial charge in [0.05, 0.1) is 24.6 Å². The standard InChI is InChI=1S/C16H22N2O3/c1-16(2,3)21-15(20)18-12(10-19)8-11-9-17-14-7-5-4-6-13(11)14/h4-7,12,19H,8-10H2,1-3H3,(H,18,20)/t12-/m0/s1. The Labute approximate surface area is 124 Å². The van der Waals surface area contributed by atoms with E-state index in [0.717, 1.165) is 16.1 Å². The molecule has 1 amide bonds. The Bertz CT molecular complexity index is 632. The molecule has 1 atom stereocenters. The molecule has 5 heteroatoms. The van der Waals surface area contributed by atoms with Crippen LogP contribution in [0.5, 0.6) is 0 Å². The van der Waals surface area contributed by atoms with Crippen LogP contribution in [0.15, 0.2) is 29.3 Å². The van der Waals surface area contributed by atoms with Crippen LogP contribution in [0.1, 0.15) is 27.2 Å². The number of carbonyl (C=O) groups is 1. The summed E-state index contributed by atoms with van der Waals surface area (Å²) in [5, 5.41) is 14.2. The van der Waals surface area contributed by atoms with Gasteiger partial charge in [0.25, 0.3) is 0 Å². The predicted molar refractivity (Wildman–Crippen MR) is 80.4 cm³/mol. The van der Waals surface area contributed by atoms with E-state index in [4.69, 9.17) is 4.74 Å². The van der Waals surface area contributed by atoms with Crippen molar-refractivity contribution in [3.63, 3.8) is 0 Å². The number of fused-ring (bicyclic) bond motifs is 1. The van der Waals surface area contributed by atoms with Crippen molar-refractivity contribution < 1.29 is 14.6 Å². The maximum Gasteiger partial charge on any atom is 0.407 e. The van der Waals surface area contributed by atoms with Gasteiger partial charge in [-0.05, 0) is 38.8 Å². The summed E-state index contributed by atoms with van der Waals surface area (Å²) in [6.45, 7) is 5.90. The summed E-state index contributed by atoms with van der Waals surface area (Å²) < 4.78 is 5.21. The fourth-order valence-electron chi connectivity index (χ4n) is 2.28. The van der Waals surface area contributed by atoms with Gasteiger partial charge in [0, 0.05) is 5.22 Å². The number of alkyl carbamates (subject to hydrolysis) is 1. The molecule has 0 spiro atoms. The number of amides is 1. The molecule has 0 radical (unpaired) electrons. The average Bonchev–Trinajstić information content (AvgIpc) is 2.79. The minimum Gasteiger partial charge on any atom is -0.444 e. The number of aliphatic hydroxyl groups is 1. The molecule has 0 unspecified atom stereocenters. The lowest BCUT2D eigenvalue weighted by atomic mass is 10.1. The van der Waals surface area contributed by atoms with Crippen LogP contribution in [0.2, 0.25) is 0 Å². The molecule has 1 aliphatic heterocycles. The van der Waals surface area contributed by atoms with Crippen molar-refractivity contribution in [2.75, 3.05) is 13.2 Å². The minimum atomic E-state index is -0.549.